The number of hydrogen-bond donors (Lipinski definition) is 2. The van der Waals surface area contributed by atoms with Crippen LogP contribution >= 0.6 is 0 Å². The number of rotatable bonds is 7. The lowest BCUT2D eigenvalue weighted by molar-refractivity contribution is -0.122. The van der Waals surface area contributed by atoms with Crippen molar-refractivity contribution in [1.29, 1.82) is 0 Å². The van der Waals surface area contributed by atoms with Gasteiger partial charge >= 0.3 is 0 Å². The number of nitrogens with one attached hydrogen (secondary N) is 1. The lowest BCUT2D eigenvalue weighted by Gasteiger charge is -2.29. The minimum absolute atomic E-state index is 0.0183. The number of amides is 1. The average molecular weight is 451 g/mol. The van der Waals surface area contributed by atoms with Gasteiger partial charge < -0.3 is 20.7 Å². The number of primary amides is 1. The molecule has 0 spiro atoms. The molecule has 1 saturated carbocycles. The summed E-state index contributed by atoms with van der Waals surface area (Å²) in [6.45, 7) is 10.8. The summed E-state index contributed by atoms with van der Waals surface area (Å²) in [7, 11) is 0. The van der Waals surface area contributed by atoms with E-state index in [2.05, 4.69) is 28.9 Å². The molecule has 8 nitrogen and oxygen atoms in total. The highest BCUT2D eigenvalue weighted by molar-refractivity contribution is 5.76. The molecule has 3 aliphatic rings. The van der Waals surface area contributed by atoms with Crippen molar-refractivity contribution in [2.45, 2.75) is 38.6 Å². The Balaban J connectivity index is 1.55. The van der Waals surface area contributed by atoms with E-state index in [0.717, 1.165) is 85.5 Å². The fourth-order valence-corrected chi connectivity index (χ4v) is 4.57. The van der Waals surface area contributed by atoms with E-state index in [0.29, 0.717) is 13.1 Å². The molecule has 0 radical (unpaired) electrons. The highest BCUT2D eigenvalue weighted by Crippen LogP contribution is 2.26. The van der Waals surface area contributed by atoms with E-state index in [-0.39, 0.29) is 17.9 Å². The maximum Gasteiger partial charge on any atom is 0.220 e. The highest BCUT2D eigenvalue weighted by Gasteiger charge is 2.25. The third-order valence-corrected chi connectivity index (χ3v) is 6.57. The largest absolute Gasteiger partial charge is 0.378 e. The highest BCUT2D eigenvalue weighted by atomic mass is 16.5. The summed E-state index contributed by atoms with van der Waals surface area (Å²) in [4.78, 5) is 28.1. The fourth-order valence-electron chi connectivity index (χ4n) is 4.57. The molecule has 1 saturated heterocycles. The monoisotopic (exact) mass is 450 g/mol. The van der Waals surface area contributed by atoms with E-state index >= 15 is 0 Å². The number of nitrogens with zero attached hydrogens (tertiary/aromatic N) is 4. The van der Waals surface area contributed by atoms with Crippen LogP contribution in [-0.2, 0) is 9.53 Å². The number of pyridine rings is 1. The SMILES string of the molecule is C=C(/C=C\C(=C/C)c1cc2c(c(NC3CCC(C(N)=O)CC3)n1)=NCCN=2)N1CCOCC1. The van der Waals surface area contributed by atoms with Gasteiger partial charge in [-0.1, -0.05) is 18.7 Å². The number of nitrogens with two attached hydrogens (primary N) is 1. The van der Waals surface area contributed by atoms with Gasteiger partial charge in [-0.3, -0.25) is 14.8 Å². The molecule has 0 unspecified atom stereocenters. The zero-order valence-corrected chi connectivity index (χ0v) is 19.4. The van der Waals surface area contributed by atoms with E-state index < -0.39 is 0 Å². The summed E-state index contributed by atoms with van der Waals surface area (Å²) < 4.78 is 5.43. The van der Waals surface area contributed by atoms with E-state index in [1.807, 2.05) is 19.1 Å². The van der Waals surface area contributed by atoms with E-state index in [1.54, 1.807) is 0 Å². The van der Waals surface area contributed by atoms with Crippen LogP contribution in [0.15, 0.2) is 46.6 Å². The maximum absolute atomic E-state index is 11.5. The molecule has 1 aliphatic carbocycles. The Morgan fingerprint density at radius 1 is 1.18 bits per heavy atom. The molecule has 0 atom stereocenters. The Labute approximate surface area is 195 Å². The number of anilines is 1. The van der Waals surface area contributed by atoms with Crippen LogP contribution in [0.4, 0.5) is 5.82 Å². The zero-order valence-electron chi connectivity index (χ0n) is 19.4. The number of fused-ring (bicyclic) bond motifs is 1. The Hall–Kier alpha value is -3.00. The van der Waals surface area contributed by atoms with Crippen molar-refractivity contribution < 1.29 is 9.53 Å². The third-order valence-electron chi connectivity index (χ3n) is 6.57. The predicted molar refractivity (Wildman–Crippen MR) is 129 cm³/mol. The van der Waals surface area contributed by atoms with Gasteiger partial charge in [0.15, 0.2) is 5.82 Å². The van der Waals surface area contributed by atoms with Gasteiger partial charge in [0, 0.05) is 30.7 Å². The molecule has 2 fully saturated rings. The number of carbonyl (C=O) groups excluding carboxylic acids is 1. The summed E-state index contributed by atoms with van der Waals surface area (Å²) in [5, 5.41) is 5.30. The average Bonchev–Trinajstić information content (AvgIpc) is 2.85. The maximum atomic E-state index is 11.5. The van der Waals surface area contributed by atoms with Crippen LogP contribution in [0, 0.1) is 5.92 Å². The first-order valence-corrected chi connectivity index (χ1v) is 11.9. The molecule has 33 heavy (non-hydrogen) atoms. The number of allylic oxidation sites excluding steroid dienone is 4. The molecule has 8 heteroatoms. The second-order valence-electron chi connectivity index (χ2n) is 8.75. The molecule has 0 aromatic carbocycles. The summed E-state index contributed by atoms with van der Waals surface area (Å²) in [5.41, 5.74) is 8.33. The van der Waals surface area contributed by atoms with Crippen LogP contribution in [0.25, 0.3) is 5.57 Å². The normalized spacial score (nSPS) is 23.4. The van der Waals surface area contributed by atoms with Crippen molar-refractivity contribution in [3.05, 3.63) is 53.0 Å². The first-order valence-electron chi connectivity index (χ1n) is 11.9. The van der Waals surface area contributed by atoms with E-state index in [1.165, 1.54) is 0 Å². The lowest BCUT2D eigenvalue weighted by atomic mass is 9.85. The molecule has 1 aromatic rings. The summed E-state index contributed by atoms with van der Waals surface area (Å²) in [6.07, 6.45) is 9.56. The smallest absolute Gasteiger partial charge is 0.220 e. The number of carbonyl (C=O) groups is 1. The summed E-state index contributed by atoms with van der Waals surface area (Å²) in [5.74, 6) is 0.562. The summed E-state index contributed by atoms with van der Waals surface area (Å²) in [6, 6.07) is 2.26. The van der Waals surface area contributed by atoms with Gasteiger partial charge in [-0.25, -0.2) is 4.98 Å². The number of ether oxygens (including phenoxy) is 1. The standard InChI is InChI=1S/C25H34N6O2/c1-3-18(5-4-17(2)31-12-14-33-15-13-31)21-16-22-23(28-11-10-27-22)25(30-21)29-20-8-6-19(7-9-20)24(26)32/h3-5,16,19-20H,2,6-15H2,1H3,(H2,26,32)(H,29,30)/b5-4-,18-3+. The van der Waals surface area contributed by atoms with Crippen molar-refractivity contribution >= 4 is 17.3 Å². The van der Waals surface area contributed by atoms with Crippen molar-refractivity contribution in [2.24, 2.45) is 21.6 Å². The molecule has 176 valence electrons. The van der Waals surface area contributed by atoms with Gasteiger partial charge in [-0.2, -0.15) is 0 Å². The van der Waals surface area contributed by atoms with Crippen LogP contribution in [0.1, 0.15) is 38.3 Å². The molecule has 1 aromatic heterocycles. The Morgan fingerprint density at radius 3 is 2.61 bits per heavy atom. The summed E-state index contributed by atoms with van der Waals surface area (Å²) >= 11 is 0. The first kappa shape index (κ1) is 23.2. The Morgan fingerprint density at radius 2 is 1.91 bits per heavy atom. The molecule has 3 N–H and O–H groups in total. The van der Waals surface area contributed by atoms with Crippen molar-refractivity contribution in [1.82, 2.24) is 9.88 Å². The van der Waals surface area contributed by atoms with Crippen LogP contribution in [0.3, 0.4) is 0 Å². The van der Waals surface area contributed by atoms with Crippen LogP contribution < -0.4 is 21.8 Å². The Kier molecular flexibility index (Phi) is 7.54. The van der Waals surface area contributed by atoms with Crippen molar-refractivity contribution in [2.75, 3.05) is 44.7 Å². The quantitative estimate of drug-likeness (QED) is 0.614. The molecule has 4 rings (SSSR count). The van der Waals surface area contributed by atoms with Gasteiger partial charge in [0.25, 0.3) is 0 Å². The number of morpholine rings is 1. The van der Waals surface area contributed by atoms with Gasteiger partial charge in [0.2, 0.25) is 5.91 Å². The van der Waals surface area contributed by atoms with Crippen molar-refractivity contribution in [3.63, 3.8) is 0 Å². The molecule has 2 aliphatic heterocycles. The van der Waals surface area contributed by atoms with Crippen molar-refractivity contribution in [3.8, 4) is 0 Å². The van der Waals surface area contributed by atoms with Crippen LogP contribution in [0.2, 0.25) is 0 Å². The van der Waals surface area contributed by atoms with Gasteiger partial charge in [0.1, 0.15) is 5.36 Å². The minimum Gasteiger partial charge on any atom is -0.378 e. The Bertz CT molecular complexity index is 1060. The predicted octanol–water partition coefficient (Wildman–Crippen LogP) is 1.60. The van der Waals surface area contributed by atoms with Gasteiger partial charge in [-0.15, -0.1) is 0 Å². The molecule has 3 heterocycles. The number of aromatic nitrogens is 1. The molecule has 1 amide bonds. The van der Waals surface area contributed by atoms with E-state index in [9.17, 15) is 4.79 Å². The van der Waals surface area contributed by atoms with Gasteiger partial charge in [0.05, 0.1) is 37.4 Å². The minimum atomic E-state index is -0.192. The number of hydrogen-bond acceptors (Lipinski definition) is 7. The second kappa shape index (κ2) is 10.7. The van der Waals surface area contributed by atoms with Gasteiger partial charge in [-0.05, 0) is 50.3 Å². The molecular weight excluding hydrogens is 416 g/mol. The first-order chi connectivity index (χ1) is 16.0. The molecule has 0 bridgehead atoms. The van der Waals surface area contributed by atoms with E-state index in [4.69, 9.17) is 25.4 Å². The fraction of sp³-hybridized carbons (Fsp3) is 0.520. The lowest BCUT2D eigenvalue weighted by Crippen LogP contribution is -2.38. The molecular formula is C25H34N6O2. The topological polar surface area (TPSA) is 105 Å². The van der Waals surface area contributed by atoms with Crippen LogP contribution in [-0.4, -0.2) is 61.2 Å². The zero-order chi connectivity index (χ0) is 23.2. The third kappa shape index (κ3) is 5.68. The van der Waals surface area contributed by atoms with Crippen LogP contribution in [0.5, 0.6) is 0 Å². The second-order valence-corrected chi connectivity index (χ2v) is 8.75.